The van der Waals surface area contributed by atoms with E-state index in [1.165, 1.54) is 49.2 Å². The highest BCUT2D eigenvalue weighted by atomic mass is 19.1. The summed E-state index contributed by atoms with van der Waals surface area (Å²) in [5.74, 6) is 0.249. The van der Waals surface area contributed by atoms with Crippen LogP contribution in [0.3, 0.4) is 0 Å². The van der Waals surface area contributed by atoms with Crippen molar-refractivity contribution in [1.82, 2.24) is 15.2 Å². The minimum atomic E-state index is -1.23. The van der Waals surface area contributed by atoms with Gasteiger partial charge < -0.3 is 29.6 Å². The third-order valence-electron chi connectivity index (χ3n) is 10.9. The molecule has 1 aromatic heterocycles. The van der Waals surface area contributed by atoms with Crippen LogP contribution in [0.5, 0.6) is 23.0 Å². The SMILES string of the molecule is CCC(CC)CC1CN(CCCOc2cc3nccc(Oc4ccc(C(CC)NC(=O)C5(C(=O)Nc6ccc(F)cc6)CC5)cc4F)c3cc2OC)CCO1. The summed E-state index contributed by atoms with van der Waals surface area (Å²) < 4.78 is 53.0. The Bertz CT molecular complexity index is 1930. The van der Waals surface area contributed by atoms with E-state index in [2.05, 4.69) is 34.4 Å². The second-order valence-corrected chi connectivity index (χ2v) is 14.5. The van der Waals surface area contributed by atoms with Gasteiger partial charge in [-0.05, 0) is 92.1 Å². The van der Waals surface area contributed by atoms with Crippen LogP contribution >= 0.6 is 0 Å². The second kappa shape index (κ2) is 18.2. The molecule has 1 saturated carbocycles. The summed E-state index contributed by atoms with van der Waals surface area (Å²) in [6.07, 6.45) is 7.43. The van der Waals surface area contributed by atoms with E-state index >= 15 is 4.39 Å². The van der Waals surface area contributed by atoms with E-state index in [0.29, 0.717) is 71.2 Å². The standard InChI is InChI=1S/C43H52F2N4O6/c1-5-28(6-2)23-32-27-49(20-22-53-32)19-8-21-54-40-26-36-33(25-39(40)52-4)37(15-18-46-36)55-38-14-9-29(24-34(38)45)35(7-3)48-42(51)43(16-17-43)41(50)47-31-12-10-30(44)11-13-31/h9-15,18,24-26,28,32,35H,5-8,16-17,19-23,27H2,1-4H3,(H,47,50)(H,48,51). The number of carbonyl (C=O) groups excluding carboxylic acids is 2. The normalized spacial score (nSPS) is 17.1. The van der Waals surface area contributed by atoms with E-state index in [0.717, 1.165) is 39.1 Å². The summed E-state index contributed by atoms with van der Waals surface area (Å²) in [5.41, 5.74) is 0.319. The molecule has 2 unspecified atom stereocenters. The van der Waals surface area contributed by atoms with E-state index in [4.69, 9.17) is 18.9 Å². The Hall–Kier alpha value is -4.81. The number of amides is 2. The first-order valence-electron chi connectivity index (χ1n) is 19.4. The lowest BCUT2D eigenvalue weighted by Gasteiger charge is -2.34. The minimum absolute atomic E-state index is 0.000627. The van der Waals surface area contributed by atoms with E-state index in [1.807, 2.05) is 13.0 Å². The number of ether oxygens (including phenoxy) is 4. The summed E-state index contributed by atoms with van der Waals surface area (Å²) in [7, 11) is 1.57. The van der Waals surface area contributed by atoms with Crippen LogP contribution in [0.2, 0.25) is 0 Å². The van der Waals surface area contributed by atoms with Gasteiger partial charge in [-0.15, -0.1) is 0 Å². The zero-order valence-corrected chi connectivity index (χ0v) is 32.2. The topological polar surface area (TPSA) is 111 Å². The van der Waals surface area contributed by atoms with Crippen molar-refractivity contribution >= 4 is 28.4 Å². The van der Waals surface area contributed by atoms with Gasteiger partial charge in [0.1, 0.15) is 17.0 Å². The molecule has 0 radical (unpaired) electrons. The van der Waals surface area contributed by atoms with Crippen molar-refractivity contribution in [3.63, 3.8) is 0 Å². The number of benzene rings is 3. The fraction of sp³-hybridized carbons (Fsp3) is 0.465. The van der Waals surface area contributed by atoms with E-state index in [9.17, 15) is 14.0 Å². The summed E-state index contributed by atoms with van der Waals surface area (Å²) in [6, 6.07) is 14.6. The number of carbonyl (C=O) groups is 2. The van der Waals surface area contributed by atoms with Crippen LogP contribution in [0.4, 0.5) is 14.5 Å². The molecule has 10 nitrogen and oxygen atoms in total. The van der Waals surface area contributed by atoms with E-state index < -0.39 is 34.9 Å². The second-order valence-electron chi connectivity index (χ2n) is 14.5. The van der Waals surface area contributed by atoms with Crippen LogP contribution in [-0.2, 0) is 14.3 Å². The highest BCUT2D eigenvalue weighted by molar-refractivity contribution is 6.13. The van der Waals surface area contributed by atoms with Gasteiger partial charge in [-0.3, -0.25) is 19.5 Å². The molecule has 12 heteroatoms. The molecule has 2 atom stereocenters. The first kappa shape index (κ1) is 39.9. The first-order chi connectivity index (χ1) is 26.7. The minimum Gasteiger partial charge on any atom is -0.493 e. The summed E-state index contributed by atoms with van der Waals surface area (Å²) >= 11 is 0. The molecular formula is C43H52F2N4O6. The Morgan fingerprint density at radius 3 is 2.42 bits per heavy atom. The van der Waals surface area contributed by atoms with E-state index in [-0.39, 0.29) is 11.9 Å². The molecule has 3 aromatic carbocycles. The predicted octanol–water partition coefficient (Wildman–Crippen LogP) is 8.60. The van der Waals surface area contributed by atoms with Gasteiger partial charge >= 0.3 is 0 Å². The van der Waals surface area contributed by atoms with Crippen molar-refractivity contribution in [2.45, 2.75) is 77.9 Å². The van der Waals surface area contributed by atoms with Gasteiger partial charge in [-0.25, -0.2) is 8.78 Å². The Morgan fingerprint density at radius 1 is 0.945 bits per heavy atom. The molecule has 2 heterocycles. The Balaban J connectivity index is 1.06. The third-order valence-corrected chi connectivity index (χ3v) is 10.9. The van der Waals surface area contributed by atoms with Crippen molar-refractivity contribution in [3.8, 4) is 23.0 Å². The lowest BCUT2D eigenvalue weighted by molar-refractivity contribution is -0.135. The highest BCUT2D eigenvalue weighted by Crippen LogP contribution is 2.47. The molecule has 0 spiro atoms. The molecule has 2 amide bonds. The molecule has 55 heavy (non-hydrogen) atoms. The van der Waals surface area contributed by atoms with Gasteiger partial charge in [0.2, 0.25) is 11.8 Å². The van der Waals surface area contributed by atoms with E-state index in [1.54, 1.807) is 31.5 Å². The molecule has 2 N–H and O–H groups in total. The van der Waals surface area contributed by atoms with Crippen LogP contribution in [0.25, 0.3) is 10.9 Å². The molecule has 1 saturated heterocycles. The van der Waals surface area contributed by atoms with Crippen molar-refractivity contribution in [3.05, 3.63) is 84.1 Å². The number of pyridine rings is 1. The maximum atomic E-state index is 15.6. The van der Waals surface area contributed by atoms with Crippen LogP contribution in [0.15, 0.2) is 66.9 Å². The number of rotatable bonds is 18. The third kappa shape index (κ3) is 9.71. The fourth-order valence-corrected chi connectivity index (χ4v) is 7.20. The summed E-state index contributed by atoms with van der Waals surface area (Å²) in [4.78, 5) is 33.4. The molecule has 1 aliphatic heterocycles. The molecular weight excluding hydrogens is 706 g/mol. The number of anilines is 1. The lowest BCUT2D eigenvalue weighted by Crippen LogP contribution is -2.43. The molecule has 294 valence electrons. The average Bonchev–Trinajstić information content (AvgIpc) is 4.02. The fourth-order valence-electron chi connectivity index (χ4n) is 7.20. The number of hydrogen-bond donors (Lipinski definition) is 2. The number of morpholine rings is 1. The number of aromatic nitrogens is 1. The average molecular weight is 759 g/mol. The number of nitrogens with zero attached hydrogens (tertiary/aromatic N) is 2. The zero-order valence-electron chi connectivity index (χ0n) is 32.2. The lowest BCUT2D eigenvalue weighted by atomic mass is 9.95. The summed E-state index contributed by atoms with van der Waals surface area (Å²) in [5, 5.41) is 6.27. The maximum absolute atomic E-state index is 15.6. The van der Waals surface area contributed by atoms with Gasteiger partial charge in [-0.1, -0.05) is 39.7 Å². The van der Waals surface area contributed by atoms with Crippen molar-refractivity contribution < 1.29 is 37.3 Å². The number of hydrogen-bond acceptors (Lipinski definition) is 8. The van der Waals surface area contributed by atoms with Crippen molar-refractivity contribution in [1.29, 1.82) is 0 Å². The first-order valence-corrected chi connectivity index (χ1v) is 19.4. The Labute approximate surface area is 321 Å². The molecule has 2 aliphatic rings. The predicted molar refractivity (Wildman–Crippen MR) is 208 cm³/mol. The zero-order chi connectivity index (χ0) is 39.0. The van der Waals surface area contributed by atoms with Crippen molar-refractivity contribution in [2.24, 2.45) is 11.3 Å². The monoisotopic (exact) mass is 758 g/mol. The van der Waals surface area contributed by atoms with Gasteiger partial charge in [-0.2, -0.15) is 0 Å². The van der Waals surface area contributed by atoms with Crippen LogP contribution in [-0.4, -0.2) is 67.8 Å². The van der Waals surface area contributed by atoms with Crippen LogP contribution < -0.4 is 24.8 Å². The van der Waals surface area contributed by atoms with Crippen LogP contribution in [0.1, 0.15) is 77.3 Å². The smallest absolute Gasteiger partial charge is 0.240 e. The van der Waals surface area contributed by atoms with Crippen LogP contribution in [0, 0.1) is 23.0 Å². The highest BCUT2D eigenvalue weighted by Gasteiger charge is 2.56. The number of methoxy groups -OCH3 is 1. The number of nitrogens with one attached hydrogen (secondary N) is 2. The van der Waals surface area contributed by atoms with Gasteiger partial charge in [0.05, 0.1) is 38.0 Å². The Kier molecular flexibility index (Phi) is 13.2. The molecule has 1 aliphatic carbocycles. The number of halogens is 2. The quantitative estimate of drug-likeness (QED) is 0.0767. The molecule has 4 aromatic rings. The maximum Gasteiger partial charge on any atom is 0.240 e. The summed E-state index contributed by atoms with van der Waals surface area (Å²) in [6.45, 7) is 10.4. The molecule has 0 bridgehead atoms. The van der Waals surface area contributed by atoms with Crippen molar-refractivity contribution in [2.75, 3.05) is 45.3 Å². The molecule has 6 rings (SSSR count). The Morgan fingerprint density at radius 2 is 1.73 bits per heavy atom. The number of fused-ring (bicyclic) bond motifs is 1. The van der Waals surface area contributed by atoms with Gasteiger partial charge in [0.15, 0.2) is 23.1 Å². The molecule has 2 fully saturated rings. The van der Waals surface area contributed by atoms with Gasteiger partial charge in [0.25, 0.3) is 0 Å². The largest absolute Gasteiger partial charge is 0.493 e. The van der Waals surface area contributed by atoms with Gasteiger partial charge in [0, 0.05) is 43.0 Å².